The molecule has 2 heteroatoms. The molecule has 1 aliphatic heterocycles. The number of hydrogen-bond acceptors (Lipinski definition) is 2. The molecule has 0 aromatic carbocycles. The third-order valence-electron chi connectivity index (χ3n) is 2.28. The zero-order chi connectivity index (χ0) is 8.10. The summed E-state index contributed by atoms with van der Waals surface area (Å²) in [5.74, 6) is 0.787. The fourth-order valence-corrected chi connectivity index (χ4v) is 1.53. The van der Waals surface area contributed by atoms with Gasteiger partial charge in [0.05, 0.1) is 0 Å². The van der Waals surface area contributed by atoms with Gasteiger partial charge < -0.3 is 10.5 Å². The first-order valence-electron chi connectivity index (χ1n) is 4.62. The van der Waals surface area contributed by atoms with Crippen molar-refractivity contribution >= 4 is 0 Å². The second-order valence-electron chi connectivity index (χ2n) is 3.64. The molecule has 0 amide bonds. The van der Waals surface area contributed by atoms with Crippen LogP contribution >= 0.6 is 0 Å². The predicted octanol–water partition coefficient (Wildman–Crippen LogP) is 1.54. The van der Waals surface area contributed by atoms with Gasteiger partial charge >= 0.3 is 0 Å². The van der Waals surface area contributed by atoms with Gasteiger partial charge in [-0.2, -0.15) is 0 Å². The first-order valence-corrected chi connectivity index (χ1v) is 4.62. The summed E-state index contributed by atoms with van der Waals surface area (Å²) >= 11 is 0. The highest BCUT2D eigenvalue weighted by molar-refractivity contribution is 4.65. The van der Waals surface area contributed by atoms with Gasteiger partial charge in [0.2, 0.25) is 0 Å². The average molecular weight is 157 g/mol. The Kier molecular flexibility index (Phi) is 3.87. The lowest BCUT2D eigenvalue weighted by Gasteiger charge is -2.22. The lowest BCUT2D eigenvalue weighted by Crippen LogP contribution is -2.21. The Balaban J connectivity index is 2.05. The van der Waals surface area contributed by atoms with E-state index in [1.165, 1.54) is 19.3 Å². The van der Waals surface area contributed by atoms with Crippen LogP contribution in [0.4, 0.5) is 0 Å². The first kappa shape index (κ1) is 9.01. The summed E-state index contributed by atoms with van der Waals surface area (Å²) in [6.45, 7) is 4.01. The lowest BCUT2D eigenvalue weighted by atomic mass is 9.95. The van der Waals surface area contributed by atoms with Crippen LogP contribution in [0.3, 0.4) is 0 Å². The van der Waals surface area contributed by atoms with E-state index in [4.69, 9.17) is 10.5 Å². The van der Waals surface area contributed by atoms with Gasteiger partial charge in [0.25, 0.3) is 0 Å². The molecule has 1 rings (SSSR count). The maximum atomic E-state index is 5.67. The molecule has 1 aliphatic rings. The molecule has 0 aromatic heterocycles. The monoisotopic (exact) mass is 157 g/mol. The minimum Gasteiger partial charge on any atom is -0.381 e. The van der Waals surface area contributed by atoms with Gasteiger partial charge in [-0.05, 0) is 38.5 Å². The van der Waals surface area contributed by atoms with Crippen LogP contribution in [0.5, 0.6) is 0 Å². The largest absolute Gasteiger partial charge is 0.381 e. The molecule has 0 saturated carbocycles. The van der Waals surface area contributed by atoms with Crippen molar-refractivity contribution in [3.8, 4) is 0 Å². The third kappa shape index (κ3) is 3.73. The van der Waals surface area contributed by atoms with Crippen molar-refractivity contribution in [2.24, 2.45) is 11.7 Å². The minimum atomic E-state index is 0.358. The standard InChI is InChI=1S/C9H19NO/c1-8(10)4-5-9-3-2-6-11-7-9/h8-9H,2-7,10H2,1H3/t8-,9?/m1/s1. The van der Waals surface area contributed by atoms with E-state index in [1.807, 2.05) is 0 Å². The molecular weight excluding hydrogens is 138 g/mol. The average Bonchev–Trinajstić information content (AvgIpc) is 2.03. The number of nitrogens with two attached hydrogens (primary N) is 1. The predicted molar refractivity (Wildman–Crippen MR) is 46.4 cm³/mol. The van der Waals surface area contributed by atoms with Crippen LogP contribution in [0.2, 0.25) is 0 Å². The van der Waals surface area contributed by atoms with Gasteiger partial charge in [-0.25, -0.2) is 0 Å². The Bertz CT molecular complexity index is 97.7. The molecule has 1 saturated heterocycles. The zero-order valence-electron chi connectivity index (χ0n) is 7.38. The van der Waals surface area contributed by atoms with Crippen LogP contribution < -0.4 is 5.73 Å². The summed E-state index contributed by atoms with van der Waals surface area (Å²) in [4.78, 5) is 0. The van der Waals surface area contributed by atoms with Crippen molar-refractivity contribution in [1.29, 1.82) is 0 Å². The molecule has 11 heavy (non-hydrogen) atoms. The normalized spacial score (nSPS) is 28.4. The van der Waals surface area contributed by atoms with Crippen molar-refractivity contribution in [3.63, 3.8) is 0 Å². The van der Waals surface area contributed by atoms with Gasteiger partial charge in [0.1, 0.15) is 0 Å². The molecule has 2 N–H and O–H groups in total. The molecule has 0 bridgehead atoms. The first-order chi connectivity index (χ1) is 5.29. The Morgan fingerprint density at radius 2 is 2.45 bits per heavy atom. The Labute approximate surface area is 69.1 Å². The van der Waals surface area contributed by atoms with Gasteiger partial charge in [-0.1, -0.05) is 0 Å². The van der Waals surface area contributed by atoms with Crippen LogP contribution in [0, 0.1) is 5.92 Å². The van der Waals surface area contributed by atoms with Crippen molar-refractivity contribution in [2.45, 2.75) is 38.6 Å². The third-order valence-corrected chi connectivity index (χ3v) is 2.28. The minimum absolute atomic E-state index is 0.358. The number of rotatable bonds is 3. The maximum absolute atomic E-state index is 5.67. The fourth-order valence-electron chi connectivity index (χ4n) is 1.53. The molecule has 0 radical (unpaired) electrons. The SMILES string of the molecule is C[C@@H](N)CCC1CCCOC1. The highest BCUT2D eigenvalue weighted by atomic mass is 16.5. The van der Waals surface area contributed by atoms with E-state index in [0.717, 1.165) is 25.6 Å². The van der Waals surface area contributed by atoms with Crippen LogP contribution in [-0.4, -0.2) is 19.3 Å². The molecule has 1 fully saturated rings. The molecule has 1 heterocycles. The van der Waals surface area contributed by atoms with Gasteiger partial charge in [0.15, 0.2) is 0 Å². The molecule has 2 atom stereocenters. The van der Waals surface area contributed by atoms with Crippen molar-refractivity contribution in [3.05, 3.63) is 0 Å². The quantitative estimate of drug-likeness (QED) is 0.674. The molecule has 66 valence electrons. The molecule has 2 nitrogen and oxygen atoms in total. The van der Waals surface area contributed by atoms with E-state index in [9.17, 15) is 0 Å². The van der Waals surface area contributed by atoms with Gasteiger partial charge in [-0.15, -0.1) is 0 Å². The highest BCUT2D eigenvalue weighted by Gasteiger charge is 2.13. The summed E-state index contributed by atoms with van der Waals surface area (Å²) in [5.41, 5.74) is 5.67. The fraction of sp³-hybridized carbons (Fsp3) is 1.00. The topological polar surface area (TPSA) is 35.2 Å². The van der Waals surface area contributed by atoms with Crippen molar-refractivity contribution < 1.29 is 4.74 Å². The van der Waals surface area contributed by atoms with E-state index in [-0.39, 0.29) is 0 Å². The molecule has 0 aromatic rings. The Morgan fingerprint density at radius 1 is 1.64 bits per heavy atom. The summed E-state index contributed by atoms with van der Waals surface area (Å²) < 4.78 is 5.37. The van der Waals surface area contributed by atoms with E-state index < -0.39 is 0 Å². The molecule has 1 unspecified atom stereocenters. The van der Waals surface area contributed by atoms with E-state index in [2.05, 4.69) is 6.92 Å². The summed E-state index contributed by atoms with van der Waals surface area (Å²) in [7, 11) is 0. The Hall–Kier alpha value is -0.0800. The lowest BCUT2D eigenvalue weighted by molar-refractivity contribution is 0.0504. The zero-order valence-corrected chi connectivity index (χ0v) is 7.38. The van der Waals surface area contributed by atoms with Crippen LogP contribution in [0.1, 0.15) is 32.6 Å². The molecular formula is C9H19NO. The van der Waals surface area contributed by atoms with E-state index in [0.29, 0.717) is 6.04 Å². The van der Waals surface area contributed by atoms with Gasteiger partial charge in [-0.3, -0.25) is 0 Å². The maximum Gasteiger partial charge on any atom is 0.0494 e. The summed E-state index contributed by atoms with van der Waals surface area (Å²) in [5, 5.41) is 0. The number of ether oxygens (including phenoxy) is 1. The van der Waals surface area contributed by atoms with Crippen molar-refractivity contribution in [1.82, 2.24) is 0 Å². The highest BCUT2D eigenvalue weighted by Crippen LogP contribution is 2.18. The second-order valence-corrected chi connectivity index (χ2v) is 3.64. The van der Waals surface area contributed by atoms with E-state index in [1.54, 1.807) is 0 Å². The molecule has 0 aliphatic carbocycles. The second kappa shape index (κ2) is 4.73. The summed E-state index contributed by atoms with van der Waals surface area (Å²) in [6, 6.07) is 0.358. The van der Waals surface area contributed by atoms with Crippen LogP contribution in [0.15, 0.2) is 0 Å². The van der Waals surface area contributed by atoms with Crippen LogP contribution in [0.25, 0.3) is 0 Å². The van der Waals surface area contributed by atoms with Crippen molar-refractivity contribution in [2.75, 3.05) is 13.2 Å². The number of hydrogen-bond donors (Lipinski definition) is 1. The smallest absolute Gasteiger partial charge is 0.0494 e. The van der Waals surface area contributed by atoms with Crippen LogP contribution in [-0.2, 0) is 4.74 Å². The van der Waals surface area contributed by atoms with E-state index >= 15 is 0 Å². The molecule has 0 spiro atoms. The Morgan fingerprint density at radius 3 is 3.00 bits per heavy atom. The van der Waals surface area contributed by atoms with Gasteiger partial charge in [0, 0.05) is 19.3 Å². The summed E-state index contributed by atoms with van der Waals surface area (Å²) in [6.07, 6.45) is 4.97.